The molecule has 2 aromatic carbocycles. The van der Waals surface area contributed by atoms with Crippen molar-refractivity contribution in [1.29, 1.82) is 0 Å². The van der Waals surface area contributed by atoms with Crippen LogP contribution in [-0.4, -0.2) is 50.0 Å². The number of rotatable bonds is 10. The fourth-order valence-electron chi connectivity index (χ4n) is 3.49. The van der Waals surface area contributed by atoms with Gasteiger partial charge in [-0.2, -0.15) is 13.2 Å². The van der Waals surface area contributed by atoms with Gasteiger partial charge in [0.2, 0.25) is 21.8 Å². The average molecular weight is 562 g/mol. The summed E-state index contributed by atoms with van der Waals surface area (Å²) in [5.74, 6) is -1.23. The molecule has 0 saturated carbocycles. The van der Waals surface area contributed by atoms with Gasteiger partial charge in [0.1, 0.15) is 12.6 Å². The summed E-state index contributed by atoms with van der Waals surface area (Å²) in [5.41, 5.74) is -0.0382. The molecule has 0 aromatic heterocycles. The SMILES string of the molecule is CC[C@@H](C)NC(=O)[C@H](C)N(Cc1ccccc1C)C(=O)CN(c1cc(C(F)(F)F)ccc1Cl)S(C)(=O)=O. The number of hydrogen-bond donors (Lipinski definition) is 1. The normalized spacial score (nSPS) is 13.5. The molecule has 0 aliphatic heterocycles. The molecule has 2 aromatic rings. The smallest absolute Gasteiger partial charge is 0.352 e. The first-order valence-electron chi connectivity index (χ1n) is 11.5. The summed E-state index contributed by atoms with van der Waals surface area (Å²) < 4.78 is 65.8. The maximum atomic E-state index is 13.6. The molecule has 0 bridgehead atoms. The summed E-state index contributed by atoms with van der Waals surface area (Å²) in [6, 6.07) is 8.24. The van der Waals surface area contributed by atoms with Gasteiger partial charge in [0.15, 0.2) is 0 Å². The lowest BCUT2D eigenvalue weighted by Gasteiger charge is -2.32. The number of halogens is 4. The highest BCUT2D eigenvalue weighted by atomic mass is 35.5. The standard InChI is InChI=1S/C25H31ClF3N3O4S/c1-6-17(3)30-24(34)18(4)31(14-19-10-8-7-9-16(19)2)23(33)15-32(37(5,35)36)22-13-20(25(27,28)29)11-12-21(22)26/h7-13,17-18H,6,14-15H2,1-5H3,(H,30,34)/t17-,18+/m1/s1. The molecular weight excluding hydrogens is 531 g/mol. The molecule has 0 radical (unpaired) electrons. The predicted molar refractivity (Wildman–Crippen MR) is 138 cm³/mol. The number of sulfonamides is 1. The van der Waals surface area contributed by atoms with Crippen molar-refractivity contribution in [1.82, 2.24) is 10.2 Å². The second-order valence-corrected chi connectivity index (χ2v) is 11.2. The van der Waals surface area contributed by atoms with E-state index in [1.54, 1.807) is 19.1 Å². The van der Waals surface area contributed by atoms with Crippen molar-refractivity contribution in [2.24, 2.45) is 0 Å². The topological polar surface area (TPSA) is 86.8 Å². The van der Waals surface area contributed by atoms with Crippen LogP contribution >= 0.6 is 11.6 Å². The Morgan fingerprint density at radius 3 is 2.27 bits per heavy atom. The first-order valence-corrected chi connectivity index (χ1v) is 13.8. The summed E-state index contributed by atoms with van der Waals surface area (Å²) in [7, 11) is -4.25. The van der Waals surface area contributed by atoms with Crippen molar-refractivity contribution in [3.63, 3.8) is 0 Å². The van der Waals surface area contributed by atoms with E-state index in [1.807, 2.05) is 26.0 Å². The van der Waals surface area contributed by atoms with Crippen LogP contribution < -0.4 is 9.62 Å². The van der Waals surface area contributed by atoms with Gasteiger partial charge in [-0.3, -0.25) is 13.9 Å². The second-order valence-electron chi connectivity index (χ2n) is 8.88. The molecule has 1 N–H and O–H groups in total. The molecule has 7 nitrogen and oxygen atoms in total. The van der Waals surface area contributed by atoms with Gasteiger partial charge in [-0.15, -0.1) is 0 Å². The minimum atomic E-state index is -4.76. The van der Waals surface area contributed by atoms with Gasteiger partial charge in [-0.05, 0) is 56.5 Å². The molecular formula is C25H31ClF3N3O4S. The molecule has 37 heavy (non-hydrogen) atoms. The largest absolute Gasteiger partial charge is 0.416 e. The highest BCUT2D eigenvalue weighted by molar-refractivity contribution is 7.92. The molecule has 0 aliphatic carbocycles. The van der Waals surface area contributed by atoms with Gasteiger partial charge in [-0.25, -0.2) is 8.42 Å². The lowest BCUT2D eigenvalue weighted by Crippen LogP contribution is -2.52. The third-order valence-corrected chi connectivity index (χ3v) is 7.44. The van der Waals surface area contributed by atoms with Gasteiger partial charge in [0.05, 0.1) is 22.5 Å². The minimum absolute atomic E-state index is 0.0193. The molecule has 0 fully saturated rings. The van der Waals surface area contributed by atoms with Crippen molar-refractivity contribution in [2.45, 2.75) is 58.9 Å². The van der Waals surface area contributed by atoms with Crippen LogP contribution in [0.2, 0.25) is 5.02 Å². The second kappa shape index (κ2) is 12.2. The number of aryl methyl sites for hydroxylation is 1. The number of hydrogen-bond acceptors (Lipinski definition) is 4. The van der Waals surface area contributed by atoms with E-state index >= 15 is 0 Å². The Kier molecular flexibility index (Phi) is 10.0. The first kappa shape index (κ1) is 30.4. The molecule has 0 aliphatic rings. The molecule has 0 unspecified atom stereocenters. The fraction of sp³-hybridized carbons (Fsp3) is 0.440. The molecule has 0 spiro atoms. The monoisotopic (exact) mass is 561 g/mol. The number of amides is 2. The van der Waals surface area contributed by atoms with Gasteiger partial charge >= 0.3 is 6.18 Å². The van der Waals surface area contributed by atoms with Gasteiger partial charge < -0.3 is 10.2 Å². The zero-order valence-corrected chi connectivity index (χ0v) is 22.8. The number of alkyl halides is 3. The number of nitrogens with zero attached hydrogens (tertiary/aromatic N) is 2. The summed E-state index contributed by atoms with van der Waals surface area (Å²) in [6.45, 7) is 6.15. The maximum Gasteiger partial charge on any atom is 0.416 e. The summed E-state index contributed by atoms with van der Waals surface area (Å²) in [4.78, 5) is 27.7. The van der Waals surface area contributed by atoms with Crippen LogP contribution in [0.4, 0.5) is 18.9 Å². The summed E-state index contributed by atoms with van der Waals surface area (Å²) in [6.07, 6.45) is -3.34. The molecule has 204 valence electrons. The van der Waals surface area contributed by atoms with Crippen molar-refractivity contribution < 1.29 is 31.2 Å². The van der Waals surface area contributed by atoms with E-state index in [4.69, 9.17) is 11.6 Å². The highest BCUT2D eigenvalue weighted by Gasteiger charge is 2.35. The van der Waals surface area contributed by atoms with E-state index in [0.717, 1.165) is 29.5 Å². The van der Waals surface area contributed by atoms with Crippen molar-refractivity contribution >= 4 is 39.1 Å². The fourth-order valence-corrected chi connectivity index (χ4v) is 4.62. The van der Waals surface area contributed by atoms with Crippen LogP contribution in [0.25, 0.3) is 0 Å². The number of carbonyl (C=O) groups excluding carboxylic acids is 2. The molecule has 12 heteroatoms. The van der Waals surface area contributed by atoms with E-state index in [0.29, 0.717) is 16.8 Å². The third kappa shape index (κ3) is 8.10. The van der Waals surface area contributed by atoms with E-state index in [-0.39, 0.29) is 17.6 Å². The van der Waals surface area contributed by atoms with E-state index in [2.05, 4.69) is 5.32 Å². The predicted octanol–water partition coefficient (Wildman–Crippen LogP) is 4.77. The van der Waals surface area contributed by atoms with Crippen molar-refractivity contribution in [3.05, 3.63) is 64.2 Å². The summed E-state index contributed by atoms with van der Waals surface area (Å²) in [5, 5.41) is 2.52. The lowest BCUT2D eigenvalue weighted by molar-refractivity contribution is -0.139. The molecule has 0 saturated heterocycles. The Morgan fingerprint density at radius 2 is 1.73 bits per heavy atom. The van der Waals surface area contributed by atoms with Crippen LogP contribution in [0.1, 0.15) is 43.9 Å². The highest BCUT2D eigenvalue weighted by Crippen LogP contribution is 2.36. The van der Waals surface area contributed by atoms with Gasteiger partial charge in [-0.1, -0.05) is 42.8 Å². The Hall–Kier alpha value is -2.79. The number of benzene rings is 2. The average Bonchev–Trinajstić information content (AvgIpc) is 2.80. The van der Waals surface area contributed by atoms with Crippen LogP contribution in [0.3, 0.4) is 0 Å². The van der Waals surface area contributed by atoms with Crippen LogP contribution in [0.15, 0.2) is 42.5 Å². The Labute approximate surface area is 220 Å². The molecule has 2 atom stereocenters. The van der Waals surface area contributed by atoms with Crippen LogP contribution in [-0.2, 0) is 32.3 Å². The zero-order chi connectivity index (χ0) is 28.1. The maximum absolute atomic E-state index is 13.6. The van der Waals surface area contributed by atoms with E-state index in [1.165, 1.54) is 11.8 Å². The van der Waals surface area contributed by atoms with E-state index in [9.17, 15) is 31.2 Å². The molecule has 2 rings (SSSR count). The first-order chi connectivity index (χ1) is 17.1. The van der Waals surface area contributed by atoms with Crippen LogP contribution in [0, 0.1) is 6.92 Å². The Balaban J connectivity index is 2.51. The lowest BCUT2D eigenvalue weighted by atomic mass is 10.1. The quantitative estimate of drug-likeness (QED) is 0.453. The van der Waals surface area contributed by atoms with Gasteiger partial charge in [0.25, 0.3) is 0 Å². The van der Waals surface area contributed by atoms with E-state index < -0.39 is 51.9 Å². The molecule has 2 amide bonds. The van der Waals surface area contributed by atoms with Gasteiger partial charge in [0, 0.05) is 12.6 Å². The summed E-state index contributed by atoms with van der Waals surface area (Å²) >= 11 is 6.08. The number of carbonyl (C=O) groups is 2. The van der Waals surface area contributed by atoms with Crippen LogP contribution in [0.5, 0.6) is 0 Å². The number of anilines is 1. The molecule has 0 heterocycles. The minimum Gasteiger partial charge on any atom is -0.352 e. The van der Waals surface area contributed by atoms with Crippen molar-refractivity contribution in [3.8, 4) is 0 Å². The van der Waals surface area contributed by atoms with Crippen molar-refractivity contribution in [2.75, 3.05) is 17.1 Å². The Bertz CT molecular complexity index is 1240. The Morgan fingerprint density at radius 1 is 1.11 bits per heavy atom. The zero-order valence-electron chi connectivity index (χ0n) is 21.3. The number of nitrogens with one attached hydrogen (secondary N) is 1. The third-order valence-electron chi connectivity index (χ3n) is 5.99.